The number of imide groups is 1. The molecule has 3 rings (SSSR count). The smallest absolute Gasteiger partial charge is 0.326 e. The second-order valence-electron chi connectivity index (χ2n) is 6.31. The first-order valence-corrected chi connectivity index (χ1v) is 9.12. The fraction of sp³-hybridized carbons (Fsp3) is 0.182. The van der Waals surface area contributed by atoms with Crippen LogP contribution in [0.3, 0.4) is 0 Å². The molecular weight excluding hydrogens is 375 g/mol. The highest BCUT2D eigenvalue weighted by Crippen LogP contribution is 2.35. The molecule has 0 saturated carbocycles. The van der Waals surface area contributed by atoms with Crippen molar-refractivity contribution in [2.45, 2.75) is 20.0 Å². The number of benzene rings is 2. The van der Waals surface area contributed by atoms with E-state index in [2.05, 4.69) is 17.2 Å². The number of nitrogens with one attached hydrogen (secondary N) is 2. The van der Waals surface area contributed by atoms with E-state index in [1.54, 1.807) is 30.4 Å². The van der Waals surface area contributed by atoms with Gasteiger partial charge in [-0.2, -0.15) is 0 Å². The largest absolute Gasteiger partial charge is 0.490 e. The fourth-order valence-electron chi connectivity index (χ4n) is 2.89. The number of urea groups is 1. The van der Waals surface area contributed by atoms with Gasteiger partial charge in [0.1, 0.15) is 18.1 Å². The lowest BCUT2D eigenvalue weighted by Crippen LogP contribution is -2.22. The Kier molecular flexibility index (Phi) is 6.29. The lowest BCUT2D eigenvalue weighted by Gasteiger charge is -2.17. The van der Waals surface area contributed by atoms with Crippen LogP contribution in [-0.4, -0.2) is 18.5 Å². The summed E-state index contributed by atoms with van der Waals surface area (Å²) in [6.45, 7) is 6.29. The molecule has 1 saturated heterocycles. The molecule has 29 heavy (non-hydrogen) atoms. The molecule has 0 unspecified atom stereocenters. The van der Waals surface area contributed by atoms with E-state index in [0.717, 1.165) is 11.1 Å². The molecule has 2 aromatic rings. The van der Waals surface area contributed by atoms with E-state index in [-0.39, 0.29) is 18.1 Å². The SMILES string of the molecule is C=CCc1cc(/C=C2\NC(=O)NC2=O)cc(OCC)c1OCc1ccc(F)cc1. The Balaban J connectivity index is 1.94. The number of allylic oxidation sites excluding steroid dienone is 1. The number of halogens is 1. The van der Waals surface area contributed by atoms with E-state index < -0.39 is 11.9 Å². The molecule has 1 aliphatic heterocycles. The molecule has 0 aromatic heterocycles. The number of hydrogen-bond donors (Lipinski definition) is 2. The Morgan fingerprint density at radius 3 is 2.48 bits per heavy atom. The molecule has 6 nitrogen and oxygen atoms in total. The summed E-state index contributed by atoms with van der Waals surface area (Å²) in [5.74, 6) is 0.259. The summed E-state index contributed by atoms with van der Waals surface area (Å²) in [6.07, 6.45) is 3.81. The van der Waals surface area contributed by atoms with Crippen molar-refractivity contribution in [3.8, 4) is 11.5 Å². The maximum absolute atomic E-state index is 13.1. The van der Waals surface area contributed by atoms with Gasteiger partial charge in [0.2, 0.25) is 0 Å². The molecule has 3 amide bonds. The van der Waals surface area contributed by atoms with Crippen LogP contribution in [0.15, 0.2) is 54.8 Å². The average Bonchev–Trinajstić information content (AvgIpc) is 3.00. The van der Waals surface area contributed by atoms with Crippen molar-refractivity contribution in [1.29, 1.82) is 0 Å². The molecule has 2 aromatic carbocycles. The van der Waals surface area contributed by atoms with E-state index >= 15 is 0 Å². The number of carbonyl (C=O) groups is 2. The van der Waals surface area contributed by atoms with E-state index in [1.807, 2.05) is 13.0 Å². The predicted molar refractivity (Wildman–Crippen MR) is 107 cm³/mol. The molecular formula is C22H21FN2O4. The van der Waals surface area contributed by atoms with Crippen LogP contribution in [0.4, 0.5) is 9.18 Å². The third-order valence-electron chi connectivity index (χ3n) is 4.15. The van der Waals surface area contributed by atoms with Gasteiger partial charge in [0.25, 0.3) is 5.91 Å². The first-order chi connectivity index (χ1) is 14.0. The second-order valence-corrected chi connectivity index (χ2v) is 6.31. The molecule has 1 heterocycles. The predicted octanol–water partition coefficient (Wildman–Crippen LogP) is 3.71. The Bertz CT molecular complexity index is 968. The quantitative estimate of drug-likeness (QED) is 0.405. The Hall–Kier alpha value is -3.61. The maximum Gasteiger partial charge on any atom is 0.326 e. The van der Waals surface area contributed by atoms with E-state index in [0.29, 0.717) is 30.1 Å². The zero-order valence-electron chi connectivity index (χ0n) is 16.0. The van der Waals surface area contributed by atoms with Crippen LogP contribution in [0.1, 0.15) is 23.6 Å². The molecule has 0 radical (unpaired) electrons. The first-order valence-electron chi connectivity index (χ1n) is 9.12. The number of rotatable bonds is 8. The van der Waals surface area contributed by atoms with Gasteiger partial charge in [-0.3, -0.25) is 10.1 Å². The second kappa shape index (κ2) is 9.05. The van der Waals surface area contributed by atoms with Gasteiger partial charge in [-0.05, 0) is 54.8 Å². The van der Waals surface area contributed by atoms with Gasteiger partial charge in [0.05, 0.1) is 6.61 Å². The molecule has 1 fully saturated rings. The van der Waals surface area contributed by atoms with Crippen LogP contribution in [0.25, 0.3) is 6.08 Å². The minimum atomic E-state index is -0.558. The number of hydrogen-bond acceptors (Lipinski definition) is 4. The van der Waals surface area contributed by atoms with Crippen molar-refractivity contribution >= 4 is 18.0 Å². The number of amides is 3. The third-order valence-corrected chi connectivity index (χ3v) is 4.15. The molecule has 0 bridgehead atoms. The van der Waals surface area contributed by atoms with Crippen molar-refractivity contribution in [1.82, 2.24) is 10.6 Å². The van der Waals surface area contributed by atoms with Gasteiger partial charge in [0.15, 0.2) is 11.5 Å². The Morgan fingerprint density at radius 1 is 1.10 bits per heavy atom. The number of carbonyl (C=O) groups excluding carboxylic acids is 2. The summed E-state index contributed by atoms with van der Waals surface area (Å²) in [5.41, 5.74) is 2.45. The maximum atomic E-state index is 13.1. The van der Waals surface area contributed by atoms with Crippen LogP contribution < -0.4 is 20.1 Å². The monoisotopic (exact) mass is 396 g/mol. The Morgan fingerprint density at radius 2 is 1.86 bits per heavy atom. The summed E-state index contributed by atoms with van der Waals surface area (Å²) in [5, 5.41) is 4.62. The first kappa shape index (κ1) is 20.1. The van der Waals surface area contributed by atoms with Crippen molar-refractivity contribution in [2.24, 2.45) is 0 Å². The van der Waals surface area contributed by atoms with Gasteiger partial charge in [-0.1, -0.05) is 18.2 Å². The van der Waals surface area contributed by atoms with Crippen LogP contribution in [-0.2, 0) is 17.8 Å². The Labute approximate surface area is 168 Å². The summed E-state index contributed by atoms with van der Waals surface area (Å²) in [7, 11) is 0. The lowest BCUT2D eigenvalue weighted by atomic mass is 10.0. The van der Waals surface area contributed by atoms with E-state index in [9.17, 15) is 14.0 Å². The van der Waals surface area contributed by atoms with Crippen molar-refractivity contribution < 1.29 is 23.5 Å². The third kappa shape index (κ3) is 5.01. The minimum absolute atomic E-state index is 0.155. The molecule has 0 atom stereocenters. The molecule has 7 heteroatoms. The molecule has 2 N–H and O–H groups in total. The van der Waals surface area contributed by atoms with Crippen molar-refractivity contribution in [3.05, 3.63) is 77.3 Å². The highest BCUT2D eigenvalue weighted by molar-refractivity contribution is 6.14. The van der Waals surface area contributed by atoms with E-state index in [1.165, 1.54) is 12.1 Å². The van der Waals surface area contributed by atoms with Gasteiger partial charge in [0, 0.05) is 5.56 Å². The van der Waals surface area contributed by atoms with Crippen molar-refractivity contribution in [2.75, 3.05) is 6.61 Å². The molecule has 150 valence electrons. The minimum Gasteiger partial charge on any atom is -0.490 e. The highest BCUT2D eigenvalue weighted by Gasteiger charge is 2.23. The van der Waals surface area contributed by atoms with Gasteiger partial charge in [-0.15, -0.1) is 6.58 Å². The summed E-state index contributed by atoms with van der Waals surface area (Å²) >= 11 is 0. The van der Waals surface area contributed by atoms with Crippen LogP contribution >= 0.6 is 0 Å². The summed E-state index contributed by atoms with van der Waals surface area (Å²) in [6, 6.07) is 9.09. The topological polar surface area (TPSA) is 76.7 Å². The normalized spacial score (nSPS) is 14.5. The average molecular weight is 396 g/mol. The van der Waals surface area contributed by atoms with Crippen LogP contribution in [0.5, 0.6) is 11.5 Å². The molecule has 1 aliphatic rings. The summed E-state index contributed by atoms with van der Waals surface area (Å²) in [4.78, 5) is 23.1. The standard InChI is InChI=1S/C22H21FN2O4/c1-3-5-16-10-15(11-18-21(26)25-22(27)24-18)12-19(28-4-2)20(16)29-13-14-6-8-17(23)9-7-14/h3,6-12H,1,4-5,13H2,2H3,(H2,24,25,26,27)/b18-11-. The number of ether oxygens (including phenoxy) is 2. The van der Waals surface area contributed by atoms with Crippen LogP contribution in [0.2, 0.25) is 0 Å². The van der Waals surface area contributed by atoms with Gasteiger partial charge in [-0.25, -0.2) is 9.18 Å². The highest BCUT2D eigenvalue weighted by atomic mass is 19.1. The molecule has 0 spiro atoms. The zero-order chi connectivity index (χ0) is 20.8. The zero-order valence-corrected chi connectivity index (χ0v) is 16.0. The van der Waals surface area contributed by atoms with Gasteiger partial charge < -0.3 is 14.8 Å². The van der Waals surface area contributed by atoms with Crippen LogP contribution in [0, 0.1) is 5.82 Å². The fourth-order valence-corrected chi connectivity index (χ4v) is 2.89. The van der Waals surface area contributed by atoms with Gasteiger partial charge >= 0.3 is 6.03 Å². The lowest BCUT2D eigenvalue weighted by molar-refractivity contribution is -0.115. The van der Waals surface area contributed by atoms with Crippen molar-refractivity contribution in [3.63, 3.8) is 0 Å². The molecule has 0 aliphatic carbocycles. The van der Waals surface area contributed by atoms with E-state index in [4.69, 9.17) is 9.47 Å². The summed E-state index contributed by atoms with van der Waals surface area (Å²) < 4.78 is 24.9.